The van der Waals surface area contributed by atoms with E-state index in [1.54, 1.807) is 18.2 Å². The third-order valence-electron chi connectivity index (χ3n) is 2.56. The molecule has 2 nitrogen and oxygen atoms in total. The van der Waals surface area contributed by atoms with Gasteiger partial charge in [0, 0.05) is 11.6 Å². The minimum absolute atomic E-state index is 0.162. The van der Waals surface area contributed by atoms with Gasteiger partial charge in [0.2, 0.25) is 0 Å². The van der Waals surface area contributed by atoms with Gasteiger partial charge in [-0.2, -0.15) is 0 Å². The number of para-hydroxylation sites is 1. The van der Waals surface area contributed by atoms with Gasteiger partial charge in [0.15, 0.2) is 0 Å². The van der Waals surface area contributed by atoms with Crippen molar-refractivity contribution in [2.24, 2.45) is 0 Å². The Balaban J connectivity index is 2.97. The van der Waals surface area contributed by atoms with Crippen molar-refractivity contribution in [2.45, 2.75) is 32.2 Å². The molecule has 0 aromatic heterocycles. The Labute approximate surface area is 111 Å². The average molecular weight is 273 g/mol. The minimum atomic E-state index is -4.68. The number of halogens is 3. The molecule has 5 heteroatoms. The van der Waals surface area contributed by atoms with Crippen LogP contribution in [0.1, 0.15) is 31.4 Å². The lowest BCUT2D eigenvalue weighted by Gasteiger charge is -2.21. The van der Waals surface area contributed by atoms with Crippen molar-refractivity contribution in [2.75, 3.05) is 6.54 Å². The van der Waals surface area contributed by atoms with Crippen LogP contribution < -0.4 is 10.1 Å². The van der Waals surface area contributed by atoms with Crippen LogP contribution in [0.2, 0.25) is 0 Å². The van der Waals surface area contributed by atoms with E-state index in [0.29, 0.717) is 12.0 Å². The summed E-state index contributed by atoms with van der Waals surface area (Å²) in [6.45, 7) is 6.35. The minimum Gasteiger partial charge on any atom is -0.405 e. The molecule has 1 aromatic carbocycles. The second kappa shape index (κ2) is 7.19. The van der Waals surface area contributed by atoms with E-state index in [2.05, 4.69) is 16.6 Å². The molecule has 0 heterocycles. The Kier molecular flexibility index (Phi) is 5.89. The fourth-order valence-corrected chi connectivity index (χ4v) is 1.79. The molecule has 0 aliphatic rings. The van der Waals surface area contributed by atoms with Crippen molar-refractivity contribution in [1.29, 1.82) is 0 Å². The first-order valence-electron chi connectivity index (χ1n) is 6.17. The molecular weight excluding hydrogens is 255 g/mol. The second-order valence-corrected chi connectivity index (χ2v) is 4.12. The van der Waals surface area contributed by atoms with E-state index in [0.717, 1.165) is 13.0 Å². The lowest BCUT2D eigenvalue weighted by atomic mass is 10.0. The van der Waals surface area contributed by atoms with Crippen molar-refractivity contribution in [3.8, 4) is 5.75 Å². The van der Waals surface area contributed by atoms with Crippen LogP contribution in [0.25, 0.3) is 0 Å². The fraction of sp³-hybridized carbons (Fsp3) is 0.429. The normalized spacial score (nSPS) is 13.1. The fourth-order valence-electron chi connectivity index (χ4n) is 1.79. The van der Waals surface area contributed by atoms with Crippen LogP contribution in [0.15, 0.2) is 36.9 Å². The Morgan fingerprint density at radius 2 is 2.05 bits per heavy atom. The Hall–Kier alpha value is -1.49. The predicted octanol–water partition coefficient (Wildman–Crippen LogP) is 4.20. The first-order valence-corrected chi connectivity index (χ1v) is 6.17. The van der Waals surface area contributed by atoms with Crippen LogP contribution >= 0.6 is 0 Å². The maximum atomic E-state index is 12.4. The zero-order chi connectivity index (χ0) is 14.3. The van der Waals surface area contributed by atoms with Gasteiger partial charge >= 0.3 is 6.36 Å². The molecule has 1 atom stereocenters. The molecule has 0 aliphatic carbocycles. The second-order valence-electron chi connectivity index (χ2n) is 4.12. The third kappa shape index (κ3) is 5.34. The number of nitrogens with one attached hydrogen (secondary N) is 1. The smallest absolute Gasteiger partial charge is 0.405 e. The number of rotatable bonds is 7. The van der Waals surface area contributed by atoms with Gasteiger partial charge in [-0.1, -0.05) is 31.2 Å². The summed E-state index contributed by atoms with van der Waals surface area (Å²) < 4.78 is 41.1. The number of hydrogen-bond acceptors (Lipinski definition) is 2. The SMILES string of the molecule is C=CCC(NCCC)c1ccccc1OC(F)(F)F. The van der Waals surface area contributed by atoms with Gasteiger partial charge in [0.1, 0.15) is 5.75 Å². The summed E-state index contributed by atoms with van der Waals surface area (Å²) in [6.07, 6.45) is -1.56. The van der Waals surface area contributed by atoms with Crippen LogP contribution in [0.3, 0.4) is 0 Å². The number of hydrogen-bond donors (Lipinski definition) is 1. The summed E-state index contributed by atoms with van der Waals surface area (Å²) >= 11 is 0. The van der Waals surface area contributed by atoms with E-state index in [1.807, 2.05) is 6.92 Å². The van der Waals surface area contributed by atoms with Crippen LogP contribution in [0, 0.1) is 0 Å². The van der Waals surface area contributed by atoms with Crippen LogP contribution in [0.4, 0.5) is 13.2 Å². The van der Waals surface area contributed by atoms with Gasteiger partial charge in [-0.15, -0.1) is 19.8 Å². The van der Waals surface area contributed by atoms with E-state index < -0.39 is 6.36 Å². The summed E-state index contributed by atoms with van der Waals surface area (Å²) in [5.74, 6) is -0.162. The van der Waals surface area contributed by atoms with Crippen molar-refractivity contribution in [1.82, 2.24) is 5.32 Å². The van der Waals surface area contributed by atoms with E-state index in [1.165, 1.54) is 12.1 Å². The highest BCUT2D eigenvalue weighted by Crippen LogP contribution is 2.31. The average Bonchev–Trinajstić information content (AvgIpc) is 2.33. The highest BCUT2D eigenvalue weighted by atomic mass is 19.4. The highest BCUT2D eigenvalue weighted by Gasteiger charge is 2.32. The third-order valence-corrected chi connectivity index (χ3v) is 2.56. The first kappa shape index (κ1) is 15.6. The Morgan fingerprint density at radius 3 is 2.63 bits per heavy atom. The molecule has 1 unspecified atom stereocenters. The molecule has 0 bridgehead atoms. The summed E-state index contributed by atoms with van der Waals surface area (Å²) in [5.41, 5.74) is 0.494. The van der Waals surface area contributed by atoms with Crippen LogP contribution in [-0.2, 0) is 0 Å². The molecule has 0 amide bonds. The molecule has 0 spiro atoms. The van der Waals surface area contributed by atoms with E-state index in [4.69, 9.17) is 0 Å². The monoisotopic (exact) mass is 273 g/mol. The number of ether oxygens (including phenoxy) is 1. The van der Waals surface area contributed by atoms with E-state index >= 15 is 0 Å². The van der Waals surface area contributed by atoms with E-state index in [-0.39, 0.29) is 11.8 Å². The molecule has 1 aromatic rings. The highest BCUT2D eigenvalue weighted by molar-refractivity contribution is 5.36. The van der Waals surface area contributed by atoms with Gasteiger partial charge in [-0.25, -0.2) is 0 Å². The topological polar surface area (TPSA) is 21.3 Å². The van der Waals surface area contributed by atoms with Crippen molar-refractivity contribution in [3.05, 3.63) is 42.5 Å². The molecule has 19 heavy (non-hydrogen) atoms. The summed E-state index contributed by atoms with van der Waals surface area (Å²) in [5, 5.41) is 3.19. The Bertz CT molecular complexity index is 404. The van der Waals surface area contributed by atoms with E-state index in [9.17, 15) is 13.2 Å². The van der Waals surface area contributed by atoms with Crippen molar-refractivity contribution in [3.63, 3.8) is 0 Å². The lowest BCUT2D eigenvalue weighted by Crippen LogP contribution is -2.24. The number of alkyl halides is 3. The van der Waals surface area contributed by atoms with Crippen molar-refractivity contribution < 1.29 is 17.9 Å². The summed E-state index contributed by atoms with van der Waals surface area (Å²) in [4.78, 5) is 0. The zero-order valence-corrected chi connectivity index (χ0v) is 10.8. The van der Waals surface area contributed by atoms with Gasteiger partial charge in [-0.05, 0) is 25.5 Å². The molecular formula is C14H18F3NO. The molecule has 0 aliphatic heterocycles. The molecule has 0 saturated heterocycles. The van der Waals surface area contributed by atoms with Gasteiger partial charge < -0.3 is 10.1 Å². The van der Waals surface area contributed by atoms with Gasteiger partial charge in [0.05, 0.1) is 0 Å². The van der Waals surface area contributed by atoms with Crippen LogP contribution in [0.5, 0.6) is 5.75 Å². The van der Waals surface area contributed by atoms with Gasteiger partial charge in [0.25, 0.3) is 0 Å². The molecule has 0 saturated carbocycles. The lowest BCUT2D eigenvalue weighted by molar-refractivity contribution is -0.275. The molecule has 1 N–H and O–H groups in total. The summed E-state index contributed by atoms with van der Waals surface area (Å²) in [6, 6.07) is 5.96. The predicted molar refractivity (Wildman–Crippen MR) is 69.0 cm³/mol. The van der Waals surface area contributed by atoms with Crippen LogP contribution in [-0.4, -0.2) is 12.9 Å². The molecule has 0 fully saturated rings. The Morgan fingerprint density at radius 1 is 1.37 bits per heavy atom. The first-order chi connectivity index (χ1) is 8.98. The molecule has 106 valence electrons. The number of benzene rings is 1. The largest absolute Gasteiger partial charge is 0.573 e. The maximum absolute atomic E-state index is 12.4. The molecule has 1 rings (SSSR count). The standard InChI is InChI=1S/C14H18F3NO/c1-3-7-12(18-10-4-2)11-8-5-6-9-13(11)19-14(15,16)17/h3,5-6,8-9,12,18H,1,4,7,10H2,2H3. The maximum Gasteiger partial charge on any atom is 0.573 e. The quantitative estimate of drug-likeness (QED) is 0.752. The van der Waals surface area contributed by atoms with Crippen molar-refractivity contribution >= 4 is 0 Å². The molecule has 0 radical (unpaired) electrons. The summed E-state index contributed by atoms with van der Waals surface area (Å²) in [7, 11) is 0. The zero-order valence-electron chi connectivity index (χ0n) is 10.8. The van der Waals surface area contributed by atoms with Gasteiger partial charge in [-0.3, -0.25) is 0 Å².